The number of pyridine rings is 1. The molecule has 0 unspecified atom stereocenters. The number of nitrogen functional groups attached to an aromatic ring is 1. The van der Waals surface area contributed by atoms with Gasteiger partial charge in [0.1, 0.15) is 0 Å². The standard InChI is InChI=1S/C11H10N4S/c12-9-4-1-5-15-11(9)13-10(14-15)7-8-3-2-6-16-8/h1-6H,7,12H2. The molecule has 0 atom stereocenters. The fraction of sp³-hybridized carbons (Fsp3) is 0.0909. The van der Waals surface area contributed by atoms with E-state index in [0.29, 0.717) is 5.69 Å². The third kappa shape index (κ3) is 1.55. The topological polar surface area (TPSA) is 56.2 Å². The molecule has 3 aromatic rings. The Bertz CT molecular complexity index is 612. The van der Waals surface area contributed by atoms with Crippen LogP contribution in [0.4, 0.5) is 5.69 Å². The Morgan fingerprint density at radius 3 is 3.00 bits per heavy atom. The predicted molar refractivity (Wildman–Crippen MR) is 64.5 cm³/mol. The number of hydrogen-bond donors (Lipinski definition) is 1. The van der Waals surface area contributed by atoms with Crippen molar-refractivity contribution in [3.63, 3.8) is 0 Å². The Hall–Kier alpha value is -1.88. The van der Waals surface area contributed by atoms with E-state index in [2.05, 4.69) is 21.5 Å². The molecule has 80 valence electrons. The molecule has 0 amide bonds. The van der Waals surface area contributed by atoms with E-state index in [4.69, 9.17) is 5.73 Å². The highest BCUT2D eigenvalue weighted by Crippen LogP contribution is 2.15. The van der Waals surface area contributed by atoms with Gasteiger partial charge in [0.05, 0.1) is 5.69 Å². The third-order valence-electron chi connectivity index (χ3n) is 2.35. The number of nitrogens with zero attached hydrogens (tertiary/aromatic N) is 3. The van der Waals surface area contributed by atoms with Crippen molar-refractivity contribution in [2.75, 3.05) is 5.73 Å². The minimum absolute atomic E-state index is 0.660. The minimum atomic E-state index is 0.660. The normalized spacial score (nSPS) is 11.0. The van der Waals surface area contributed by atoms with Gasteiger partial charge >= 0.3 is 0 Å². The van der Waals surface area contributed by atoms with E-state index in [-0.39, 0.29) is 0 Å². The van der Waals surface area contributed by atoms with Crippen molar-refractivity contribution in [3.05, 3.63) is 46.5 Å². The molecule has 4 nitrogen and oxygen atoms in total. The van der Waals surface area contributed by atoms with Crippen LogP contribution in [0.3, 0.4) is 0 Å². The van der Waals surface area contributed by atoms with Crippen molar-refractivity contribution >= 4 is 22.7 Å². The molecule has 3 heterocycles. The summed E-state index contributed by atoms with van der Waals surface area (Å²) in [5, 5.41) is 6.44. The lowest BCUT2D eigenvalue weighted by atomic mass is 10.3. The van der Waals surface area contributed by atoms with Crippen molar-refractivity contribution in [2.24, 2.45) is 0 Å². The van der Waals surface area contributed by atoms with Gasteiger partial charge in [0, 0.05) is 17.5 Å². The Morgan fingerprint density at radius 2 is 2.25 bits per heavy atom. The summed E-state index contributed by atoms with van der Waals surface area (Å²) in [6, 6.07) is 7.81. The lowest BCUT2D eigenvalue weighted by Gasteiger charge is -1.92. The van der Waals surface area contributed by atoms with E-state index in [1.165, 1.54) is 4.88 Å². The molecule has 0 saturated carbocycles. The monoisotopic (exact) mass is 230 g/mol. The Morgan fingerprint density at radius 1 is 1.31 bits per heavy atom. The highest BCUT2D eigenvalue weighted by molar-refractivity contribution is 7.09. The lowest BCUT2D eigenvalue weighted by Crippen LogP contribution is -1.92. The molecule has 0 fully saturated rings. The lowest BCUT2D eigenvalue weighted by molar-refractivity contribution is 0.905. The number of thiophene rings is 1. The maximum absolute atomic E-state index is 5.82. The number of anilines is 1. The molecule has 0 saturated heterocycles. The number of fused-ring (bicyclic) bond motifs is 1. The molecule has 5 heteroatoms. The summed E-state index contributed by atoms with van der Waals surface area (Å²) in [7, 11) is 0. The molecule has 0 bridgehead atoms. The molecule has 16 heavy (non-hydrogen) atoms. The van der Waals surface area contributed by atoms with Crippen molar-refractivity contribution in [1.82, 2.24) is 14.6 Å². The van der Waals surface area contributed by atoms with Gasteiger partial charge in [0.2, 0.25) is 0 Å². The van der Waals surface area contributed by atoms with Gasteiger partial charge in [0.25, 0.3) is 0 Å². The molecule has 3 aromatic heterocycles. The molecular formula is C11H10N4S. The summed E-state index contributed by atoms with van der Waals surface area (Å²) in [5.74, 6) is 0.806. The second kappa shape index (κ2) is 3.61. The smallest absolute Gasteiger partial charge is 0.178 e. The highest BCUT2D eigenvalue weighted by Gasteiger charge is 2.06. The number of aromatic nitrogens is 3. The van der Waals surface area contributed by atoms with E-state index in [0.717, 1.165) is 17.9 Å². The zero-order valence-electron chi connectivity index (χ0n) is 8.50. The van der Waals surface area contributed by atoms with Gasteiger partial charge in [0.15, 0.2) is 11.5 Å². The molecule has 0 aliphatic rings. The van der Waals surface area contributed by atoms with Crippen molar-refractivity contribution in [3.8, 4) is 0 Å². The molecule has 0 radical (unpaired) electrons. The summed E-state index contributed by atoms with van der Waals surface area (Å²) in [4.78, 5) is 5.68. The molecule has 0 aromatic carbocycles. The summed E-state index contributed by atoms with van der Waals surface area (Å²) < 4.78 is 1.72. The van der Waals surface area contributed by atoms with Gasteiger partial charge in [-0.05, 0) is 23.6 Å². The van der Waals surface area contributed by atoms with E-state index in [1.54, 1.807) is 15.9 Å². The second-order valence-corrected chi connectivity index (χ2v) is 4.55. The van der Waals surface area contributed by atoms with E-state index in [1.807, 2.05) is 24.4 Å². The van der Waals surface area contributed by atoms with Gasteiger partial charge in [-0.3, -0.25) is 0 Å². The van der Waals surface area contributed by atoms with Crippen molar-refractivity contribution in [2.45, 2.75) is 6.42 Å². The minimum Gasteiger partial charge on any atom is -0.396 e. The first-order chi connectivity index (χ1) is 7.83. The largest absolute Gasteiger partial charge is 0.396 e. The van der Waals surface area contributed by atoms with Crippen LogP contribution in [0.25, 0.3) is 5.65 Å². The van der Waals surface area contributed by atoms with Gasteiger partial charge in [-0.1, -0.05) is 6.07 Å². The van der Waals surface area contributed by atoms with E-state index >= 15 is 0 Å². The van der Waals surface area contributed by atoms with Gasteiger partial charge < -0.3 is 5.73 Å². The van der Waals surface area contributed by atoms with Crippen LogP contribution < -0.4 is 5.73 Å². The number of hydrogen-bond acceptors (Lipinski definition) is 4. The average Bonchev–Trinajstić information content (AvgIpc) is 2.88. The molecule has 0 aliphatic heterocycles. The molecular weight excluding hydrogens is 220 g/mol. The molecule has 2 N–H and O–H groups in total. The van der Waals surface area contributed by atoms with Gasteiger partial charge in [-0.25, -0.2) is 9.50 Å². The summed E-state index contributed by atoms with van der Waals surface area (Å²) in [5.41, 5.74) is 7.21. The van der Waals surface area contributed by atoms with E-state index in [9.17, 15) is 0 Å². The number of nitrogens with two attached hydrogens (primary N) is 1. The second-order valence-electron chi connectivity index (χ2n) is 3.52. The van der Waals surface area contributed by atoms with Crippen molar-refractivity contribution in [1.29, 1.82) is 0 Å². The SMILES string of the molecule is Nc1cccn2nc(Cc3cccs3)nc12. The first-order valence-electron chi connectivity index (χ1n) is 4.95. The molecule has 0 aliphatic carbocycles. The quantitative estimate of drug-likeness (QED) is 0.732. The van der Waals surface area contributed by atoms with E-state index < -0.39 is 0 Å². The molecule has 0 spiro atoms. The van der Waals surface area contributed by atoms with Crippen LogP contribution in [0.5, 0.6) is 0 Å². The maximum Gasteiger partial charge on any atom is 0.178 e. The predicted octanol–water partition coefficient (Wildman–Crippen LogP) is 1.96. The van der Waals surface area contributed by atoms with Crippen LogP contribution >= 0.6 is 11.3 Å². The van der Waals surface area contributed by atoms with Crippen LogP contribution in [0.2, 0.25) is 0 Å². The fourth-order valence-corrected chi connectivity index (χ4v) is 2.32. The maximum atomic E-state index is 5.82. The Balaban J connectivity index is 2.02. The first-order valence-corrected chi connectivity index (χ1v) is 5.83. The first kappa shape index (κ1) is 9.35. The highest BCUT2D eigenvalue weighted by atomic mass is 32.1. The van der Waals surface area contributed by atoms with Crippen LogP contribution in [0.1, 0.15) is 10.7 Å². The third-order valence-corrected chi connectivity index (χ3v) is 3.23. The van der Waals surface area contributed by atoms with Crippen LogP contribution in [-0.4, -0.2) is 14.6 Å². The summed E-state index contributed by atoms with van der Waals surface area (Å²) >= 11 is 1.71. The zero-order valence-corrected chi connectivity index (χ0v) is 9.31. The summed E-state index contributed by atoms with van der Waals surface area (Å²) in [6.07, 6.45) is 2.62. The van der Waals surface area contributed by atoms with Crippen LogP contribution in [0, 0.1) is 0 Å². The Labute approximate surface area is 96.4 Å². The van der Waals surface area contributed by atoms with Gasteiger partial charge in [-0.2, -0.15) is 5.10 Å². The van der Waals surface area contributed by atoms with Crippen molar-refractivity contribution < 1.29 is 0 Å². The van der Waals surface area contributed by atoms with Crippen LogP contribution in [-0.2, 0) is 6.42 Å². The Kier molecular flexibility index (Phi) is 2.11. The number of rotatable bonds is 2. The summed E-state index contributed by atoms with van der Waals surface area (Å²) in [6.45, 7) is 0. The molecule has 3 rings (SSSR count). The van der Waals surface area contributed by atoms with Crippen LogP contribution in [0.15, 0.2) is 35.8 Å². The fourth-order valence-electron chi connectivity index (χ4n) is 1.61. The average molecular weight is 230 g/mol. The van der Waals surface area contributed by atoms with Gasteiger partial charge in [-0.15, -0.1) is 11.3 Å². The zero-order chi connectivity index (χ0) is 11.0.